The molecule has 1 heterocycles. The molecule has 0 unspecified atom stereocenters. The Morgan fingerprint density at radius 1 is 1.42 bits per heavy atom. The lowest BCUT2D eigenvalue weighted by molar-refractivity contribution is 0.0217. The molecule has 2 rings (SSSR count). The minimum atomic E-state index is -0.375. The van der Waals surface area contributed by atoms with Crippen LogP contribution in [0.4, 0.5) is 0 Å². The molecule has 1 aromatic rings. The molecule has 1 aliphatic rings. The summed E-state index contributed by atoms with van der Waals surface area (Å²) in [5, 5.41) is 10.4. The number of rotatable bonds is 6. The third-order valence-electron chi connectivity index (χ3n) is 3.31. The van der Waals surface area contributed by atoms with Gasteiger partial charge in [0, 0.05) is 37.2 Å². The first-order valence-corrected chi connectivity index (χ1v) is 7.99. The highest BCUT2D eigenvalue weighted by Crippen LogP contribution is 2.32. The topological polar surface area (TPSA) is 32.7 Å². The summed E-state index contributed by atoms with van der Waals surface area (Å²) in [6.07, 6.45) is -0.375. The van der Waals surface area contributed by atoms with Crippen molar-refractivity contribution in [2.45, 2.75) is 18.3 Å². The van der Waals surface area contributed by atoms with Crippen molar-refractivity contribution in [3.05, 3.63) is 35.9 Å². The van der Waals surface area contributed by atoms with Gasteiger partial charge in [0.1, 0.15) is 0 Å². The number of hydrogen-bond acceptors (Lipinski definition) is 4. The molecule has 0 aliphatic carbocycles. The van der Waals surface area contributed by atoms with Crippen LogP contribution in [-0.2, 0) is 4.74 Å². The van der Waals surface area contributed by atoms with Gasteiger partial charge in [0.2, 0.25) is 0 Å². The van der Waals surface area contributed by atoms with Gasteiger partial charge in [-0.1, -0.05) is 30.3 Å². The number of ether oxygens (including phenoxy) is 1. The average molecular weight is 281 g/mol. The first-order chi connectivity index (χ1) is 9.29. The molecule has 19 heavy (non-hydrogen) atoms. The van der Waals surface area contributed by atoms with Crippen molar-refractivity contribution in [3.63, 3.8) is 0 Å². The molecule has 0 aromatic heterocycles. The lowest BCUT2D eigenvalue weighted by Crippen LogP contribution is -2.40. The zero-order chi connectivity index (χ0) is 13.5. The van der Waals surface area contributed by atoms with Crippen LogP contribution < -0.4 is 0 Å². The molecule has 2 atom stereocenters. The summed E-state index contributed by atoms with van der Waals surface area (Å²) in [5.74, 6) is 1.13. The number of hydrogen-bond donors (Lipinski definition) is 1. The van der Waals surface area contributed by atoms with E-state index in [0.717, 1.165) is 18.8 Å². The molecule has 1 saturated heterocycles. The van der Waals surface area contributed by atoms with Gasteiger partial charge in [-0.3, -0.25) is 4.90 Å². The van der Waals surface area contributed by atoms with Gasteiger partial charge in [-0.25, -0.2) is 0 Å². The Kier molecular flexibility index (Phi) is 6.17. The van der Waals surface area contributed by atoms with Crippen molar-refractivity contribution in [2.24, 2.45) is 0 Å². The van der Waals surface area contributed by atoms with E-state index in [1.54, 1.807) is 0 Å². The second-order valence-electron chi connectivity index (χ2n) is 4.84. The molecule has 0 bridgehead atoms. The van der Waals surface area contributed by atoms with E-state index in [9.17, 15) is 5.11 Å². The lowest BCUT2D eigenvalue weighted by Gasteiger charge is -2.33. The second kappa shape index (κ2) is 7.90. The molecule has 1 N–H and O–H groups in total. The highest BCUT2D eigenvalue weighted by atomic mass is 32.2. The zero-order valence-corrected chi connectivity index (χ0v) is 12.3. The molecule has 0 radical (unpaired) electrons. The summed E-state index contributed by atoms with van der Waals surface area (Å²) in [6.45, 7) is 5.84. The normalized spacial score (nSPS) is 22.3. The van der Waals surface area contributed by atoms with Crippen molar-refractivity contribution in [3.8, 4) is 0 Å². The monoisotopic (exact) mass is 281 g/mol. The summed E-state index contributed by atoms with van der Waals surface area (Å²) in [6, 6.07) is 10.6. The van der Waals surface area contributed by atoms with Gasteiger partial charge in [-0.05, 0) is 12.5 Å². The van der Waals surface area contributed by atoms with E-state index < -0.39 is 0 Å². The zero-order valence-electron chi connectivity index (χ0n) is 11.5. The number of aliphatic hydroxyl groups is 1. The van der Waals surface area contributed by atoms with E-state index >= 15 is 0 Å². The molecule has 1 aliphatic heterocycles. The molecule has 0 amide bonds. The fourth-order valence-electron chi connectivity index (χ4n) is 2.34. The number of nitrogens with zero attached hydrogens (tertiary/aromatic N) is 1. The maximum absolute atomic E-state index is 9.92. The fourth-order valence-corrected chi connectivity index (χ4v) is 3.66. The summed E-state index contributed by atoms with van der Waals surface area (Å²) in [7, 11) is 0. The van der Waals surface area contributed by atoms with Crippen molar-refractivity contribution >= 4 is 11.8 Å². The number of benzene rings is 1. The van der Waals surface area contributed by atoms with E-state index in [0.29, 0.717) is 25.0 Å². The first kappa shape index (κ1) is 14.9. The van der Waals surface area contributed by atoms with Crippen molar-refractivity contribution in [1.29, 1.82) is 0 Å². The fraction of sp³-hybridized carbons (Fsp3) is 0.600. The van der Waals surface area contributed by atoms with Crippen LogP contribution in [0.5, 0.6) is 0 Å². The van der Waals surface area contributed by atoms with Crippen molar-refractivity contribution in [1.82, 2.24) is 4.90 Å². The Morgan fingerprint density at radius 3 is 2.95 bits per heavy atom. The number of β-amino-alcohol motifs (C(OH)–C–C–N with tert-alkyl or cyclic N) is 1. The average Bonchev–Trinajstić information content (AvgIpc) is 2.46. The van der Waals surface area contributed by atoms with Crippen molar-refractivity contribution in [2.75, 3.05) is 38.6 Å². The molecular formula is C15H23NO2S. The van der Waals surface area contributed by atoms with Crippen molar-refractivity contribution < 1.29 is 9.84 Å². The summed E-state index contributed by atoms with van der Waals surface area (Å²) in [4.78, 5) is 2.35. The summed E-state index contributed by atoms with van der Waals surface area (Å²) < 4.78 is 5.27. The molecule has 1 aromatic carbocycles. The lowest BCUT2D eigenvalue weighted by atomic mass is 10.1. The van der Waals surface area contributed by atoms with Gasteiger partial charge in [0.15, 0.2) is 0 Å². The van der Waals surface area contributed by atoms with Gasteiger partial charge in [-0.15, -0.1) is 0 Å². The Labute approximate surface area is 120 Å². The highest BCUT2D eigenvalue weighted by Gasteiger charge is 2.23. The third kappa shape index (κ3) is 4.80. The molecular weight excluding hydrogens is 258 g/mol. The Morgan fingerprint density at radius 2 is 2.21 bits per heavy atom. The van der Waals surface area contributed by atoms with Crippen LogP contribution in [0, 0.1) is 0 Å². The Balaban J connectivity index is 1.84. The molecule has 3 nitrogen and oxygen atoms in total. The van der Waals surface area contributed by atoms with Crippen LogP contribution in [0.2, 0.25) is 0 Å². The Bertz CT molecular complexity index is 360. The van der Waals surface area contributed by atoms with Gasteiger partial charge in [0.05, 0.1) is 12.7 Å². The quantitative estimate of drug-likeness (QED) is 0.866. The minimum Gasteiger partial charge on any atom is -0.389 e. The van der Waals surface area contributed by atoms with Crippen LogP contribution in [0.1, 0.15) is 17.7 Å². The standard InChI is InChI=1S/C15H23NO2S/c1-2-18-12-14(17)10-16-8-9-19-15(11-16)13-6-4-3-5-7-13/h3-7,14-15,17H,2,8-12H2,1H3/t14-,15-/m0/s1. The number of thioether (sulfide) groups is 1. The predicted octanol–water partition coefficient (Wildman–Crippen LogP) is 2.17. The smallest absolute Gasteiger partial charge is 0.0900 e. The van der Waals surface area contributed by atoms with Crippen LogP contribution in [0.15, 0.2) is 30.3 Å². The molecule has 4 heteroatoms. The third-order valence-corrected chi connectivity index (χ3v) is 4.55. The van der Waals surface area contributed by atoms with Gasteiger partial charge >= 0.3 is 0 Å². The summed E-state index contributed by atoms with van der Waals surface area (Å²) >= 11 is 2.01. The van der Waals surface area contributed by atoms with E-state index in [4.69, 9.17) is 4.74 Å². The maximum Gasteiger partial charge on any atom is 0.0900 e. The Hall–Kier alpha value is -0.550. The molecule has 0 saturated carbocycles. The van der Waals surface area contributed by atoms with E-state index in [-0.39, 0.29) is 6.10 Å². The largest absolute Gasteiger partial charge is 0.389 e. The van der Waals surface area contributed by atoms with Gasteiger partial charge in [-0.2, -0.15) is 11.8 Å². The van der Waals surface area contributed by atoms with Gasteiger partial charge in [0.25, 0.3) is 0 Å². The van der Waals surface area contributed by atoms with Crippen LogP contribution in [-0.4, -0.2) is 54.7 Å². The first-order valence-electron chi connectivity index (χ1n) is 6.94. The second-order valence-corrected chi connectivity index (χ2v) is 6.15. The van der Waals surface area contributed by atoms with Crippen LogP contribution >= 0.6 is 11.8 Å². The van der Waals surface area contributed by atoms with Crippen LogP contribution in [0.3, 0.4) is 0 Å². The molecule has 106 valence electrons. The highest BCUT2D eigenvalue weighted by molar-refractivity contribution is 7.99. The van der Waals surface area contributed by atoms with Gasteiger partial charge < -0.3 is 9.84 Å². The maximum atomic E-state index is 9.92. The van der Waals surface area contributed by atoms with E-state index in [1.807, 2.05) is 18.7 Å². The molecule has 1 fully saturated rings. The van der Waals surface area contributed by atoms with E-state index in [1.165, 1.54) is 5.56 Å². The molecule has 0 spiro atoms. The minimum absolute atomic E-state index is 0.375. The number of aliphatic hydroxyl groups excluding tert-OH is 1. The van der Waals surface area contributed by atoms with E-state index in [2.05, 4.69) is 35.2 Å². The summed E-state index contributed by atoms with van der Waals surface area (Å²) in [5.41, 5.74) is 1.39. The van der Waals surface area contributed by atoms with Crippen LogP contribution in [0.25, 0.3) is 0 Å². The SMILES string of the molecule is CCOC[C@@H](O)CN1CCS[C@H](c2ccccc2)C1. The predicted molar refractivity (Wildman–Crippen MR) is 80.6 cm³/mol.